The maximum absolute atomic E-state index is 12.2. The summed E-state index contributed by atoms with van der Waals surface area (Å²) in [5.74, 6) is 0.0693. The molecule has 9 nitrogen and oxygen atoms in total. The molecule has 1 atom stereocenters. The fraction of sp³-hybridized carbons (Fsp3) is 0.583. The molecule has 3 rings (SSSR count). The lowest BCUT2D eigenvalue weighted by molar-refractivity contribution is -0.137. The fourth-order valence-corrected chi connectivity index (χ4v) is 4.06. The summed E-state index contributed by atoms with van der Waals surface area (Å²) in [6, 6.07) is 4.88. The van der Waals surface area contributed by atoms with E-state index in [4.69, 9.17) is 9.47 Å². The average molecular weight is 460 g/mol. The zero-order valence-electron chi connectivity index (χ0n) is 19.8. The average Bonchev–Trinajstić information content (AvgIpc) is 2.73. The summed E-state index contributed by atoms with van der Waals surface area (Å²) < 4.78 is 11.6. The summed E-state index contributed by atoms with van der Waals surface area (Å²) in [7, 11) is 1.80. The van der Waals surface area contributed by atoms with Gasteiger partial charge in [-0.3, -0.25) is 24.6 Å². The lowest BCUT2D eigenvalue weighted by Crippen LogP contribution is -2.51. The number of hydrogen-bond acceptors (Lipinski definition) is 7. The fourth-order valence-electron chi connectivity index (χ4n) is 4.06. The molecule has 1 unspecified atom stereocenters. The van der Waals surface area contributed by atoms with Crippen molar-refractivity contribution in [1.82, 2.24) is 15.1 Å². The van der Waals surface area contributed by atoms with Crippen LogP contribution in [0.25, 0.3) is 0 Å². The number of carbonyl (C=O) groups excluding carboxylic acids is 4. The molecular weight excluding hydrogens is 426 g/mol. The van der Waals surface area contributed by atoms with E-state index < -0.39 is 11.6 Å². The van der Waals surface area contributed by atoms with Crippen molar-refractivity contribution in [1.29, 1.82) is 0 Å². The number of carbonyl (C=O) groups is 4. The number of likely N-dealkylation sites (tertiary alicyclic amines) is 1. The Morgan fingerprint density at radius 3 is 2.52 bits per heavy atom. The van der Waals surface area contributed by atoms with Crippen LogP contribution in [0.15, 0.2) is 18.2 Å². The van der Waals surface area contributed by atoms with Gasteiger partial charge in [0.05, 0.1) is 6.04 Å². The smallest absolute Gasteiger partial charge is 0.410 e. The number of aldehydes is 1. The quantitative estimate of drug-likeness (QED) is 0.515. The third kappa shape index (κ3) is 6.77. The Balaban J connectivity index is 1.60. The first-order valence-corrected chi connectivity index (χ1v) is 11.3. The standard InChI is InChI=1S/C24H33N3O6/c1-24(2,3)33-23(31)27-11-9-18(10-12-27)32-19-6-5-16(15-28)17(13-19)14-26(4)20-7-8-21(29)25-22(20)30/h5-6,13,15,18,20H,7-12,14H2,1-4H3,(H,25,29,30). The molecule has 0 bridgehead atoms. The molecule has 2 aliphatic rings. The lowest BCUT2D eigenvalue weighted by Gasteiger charge is -2.33. The predicted octanol–water partition coefficient (Wildman–Crippen LogP) is 2.51. The molecule has 0 spiro atoms. The molecule has 0 radical (unpaired) electrons. The number of likely N-dealkylation sites (N-methyl/N-ethyl adjacent to an activating group) is 1. The van der Waals surface area contributed by atoms with Gasteiger partial charge in [-0.2, -0.15) is 0 Å². The van der Waals surface area contributed by atoms with Crippen LogP contribution in [-0.4, -0.2) is 71.9 Å². The zero-order chi connectivity index (χ0) is 24.2. The van der Waals surface area contributed by atoms with E-state index in [1.54, 1.807) is 24.1 Å². The molecule has 2 aliphatic heterocycles. The van der Waals surface area contributed by atoms with Crippen LogP contribution in [0.5, 0.6) is 5.75 Å². The van der Waals surface area contributed by atoms with Gasteiger partial charge in [-0.15, -0.1) is 0 Å². The maximum Gasteiger partial charge on any atom is 0.410 e. The summed E-state index contributed by atoms with van der Waals surface area (Å²) in [5.41, 5.74) is 0.754. The Hall–Kier alpha value is -2.94. The summed E-state index contributed by atoms with van der Waals surface area (Å²) in [4.78, 5) is 50.9. The van der Waals surface area contributed by atoms with Gasteiger partial charge in [0.25, 0.3) is 0 Å². The predicted molar refractivity (Wildman–Crippen MR) is 121 cm³/mol. The van der Waals surface area contributed by atoms with E-state index in [2.05, 4.69) is 5.32 Å². The first-order valence-electron chi connectivity index (χ1n) is 11.3. The van der Waals surface area contributed by atoms with Crippen LogP contribution in [-0.2, 0) is 20.9 Å². The Bertz CT molecular complexity index is 902. The van der Waals surface area contributed by atoms with Gasteiger partial charge in [-0.25, -0.2) is 4.79 Å². The molecule has 2 heterocycles. The third-order valence-electron chi connectivity index (χ3n) is 5.80. The second-order valence-corrected chi connectivity index (χ2v) is 9.65. The minimum absolute atomic E-state index is 0.0496. The summed E-state index contributed by atoms with van der Waals surface area (Å²) in [5, 5.41) is 2.36. The molecule has 1 N–H and O–H groups in total. The van der Waals surface area contributed by atoms with Crippen molar-refractivity contribution < 1.29 is 28.7 Å². The van der Waals surface area contributed by atoms with Gasteiger partial charge in [0.2, 0.25) is 11.8 Å². The minimum atomic E-state index is -0.526. The highest BCUT2D eigenvalue weighted by molar-refractivity contribution is 6.00. The Morgan fingerprint density at radius 1 is 1.21 bits per heavy atom. The van der Waals surface area contributed by atoms with Crippen LogP contribution in [0.4, 0.5) is 4.79 Å². The molecule has 1 aromatic carbocycles. The van der Waals surface area contributed by atoms with Gasteiger partial charge in [0.15, 0.2) is 0 Å². The highest BCUT2D eigenvalue weighted by atomic mass is 16.6. The van der Waals surface area contributed by atoms with Crippen molar-refractivity contribution in [3.05, 3.63) is 29.3 Å². The van der Waals surface area contributed by atoms with Gasteiger partial charge in [0, 0.05) is 44.5 Å². The van der Waals surface area contributed by atoms with E-state index in [1.165, 1.54) is 0 Å². The van der Waals surface area contributed by atoms with Crippen LogP contribution >= 0.6 is 0 Å². The second kappa shape index (κ2) is 10.3. The van der Waals surface area contributed by atoms with Crippen LogP contribution in [0, 0.1) is 0 Å². The van der Waals surface area contributed by atoms with Crippen LogP contribution in [0.2, 0.25) is 0 Å². The molecule has 2 fully saturated rings. The molecule has 0 saturated carbocycles. The number of imide groups is 1. The number of amides is 3. The number of hydrogen-bond donors (Lipinski definition) is 1. The summed E-state index contributed by atoms with van der Waals surface area (Å²) >= 11 is 0. The molecular formula is C24H33N3O6. The van der Waals surface area contributed by atoms with Crippen LogP contribution in [0.1, 0.15) is 62.4 Å². The van der Waals surface area contributed by atoms with Crippen molar-refractivity contribution in [2.75, 3.05) is 20.1 Å². The normalized spacial score (nSPS) is 19.9. The minimum Gasteiger partial charge on any atom is -0.490 e. The SMILES string of the molecule is CN(Cc1cc(OC2CCN(C(=O)OC(C)(C)C)CC2)ccc1C=O)C1CCC(=O)NC1=O. The van der Waals surface area contributed by atoms with E-state index in [-0.39, 0.29) is 24.0 Å². The van der Waals surface area contributed by atoms with Gasteiger partial charge < -0.3 is 14.4 Å². The second-order valence-electron chi connectivity index (χ2n) is 9.65. The van der Waals surface area contributed by atoms with Crippen molar-refractivity contribution in [2.24, 2.45) is 0 Å². The van der Waals surface area contributed by atoms with Crippen molar-refractivity contribution in [3.63, 3.8) is 0 Å². The number of ether oxygens (including phenoxy) is 2. The first kappa shape index (κ1) is 24.7. The largest absolute Gasteiger partial charge is 0.490 e. The topological polar surface area (TPSA) is 105 Å². The van der Waals surface area contributed by atoms with Crippen molar-refractivity contribution in [3.8, 4) is 5.75 Å². The van der Waals surface area contributed by atoms with E-state index in [9.17, 15) is 19.2 Å². The van der Waals surface area contributed by atoms with E-state index in [0.29, 0.717) is 56.6 Å². The number of nitrogens with one attached hydrogen (secondary N) is 1. The molecule has 9 heteroatoms. The number of rotatable bonds is 6. The molecule has 2 saturated heterocycles. The van der Waals surface area contributed by atoms with E-state index in [1.807, 2.05) is 31.7 Å². The number of benzene rings is 1. The van der Waals surface area contributed by atoms with Gasteiger partial charge in [0.1, 0.15) is 23.7 Å². The van der Waals surface area contributed by atoms with Crippen LogP contribution < -0.4 is 10.1 Å². The maximum atomic E-state index is 12.2. The monoisotopic (exact) mass is 459 g/mol. The molecule has 1 aromatic rings. The van der Waals surface area contributed by atoms with Gasteiger partial charge in [-0.05, 0) is 58.0 Å². The molecule has 180 valence electrons. The Kier molecular flexibility index (Phi) is 7.73. The first-order chi connectivity index (χ1) is 15.6. The third-order valence-corrected chi connectivity index (χ3v) is 5.80. The number of piperidine rings is 2. The molecule has 0 aromatic heterocycles. The Morgan fingerprint density at radius 2 is 1.91 bits per heavy atom. The zero-order valence-corrected chi connectivity index (χ0v) is 19.8. The Labute approximate surface area is 194 Å². The molecule has 33 heavy (non-hydrogen) atoms. The van der Waals surface area contributed by atoms with Gasteiger partial charge >= 0.3 is 6.09 Å². The molecule has 3 amide bonds. The summed E-state index contributed by atoms with van der Waals surface area (Å²) in [6.45, 7) is 7.01. The van der Waals surface area contributed by atoms with E-state index >= 15 is 0 Å². The van der Waals surface area contributed by atoms with Crippen molar-refractivity contribution in [2.45, 2.75) is 70.7 Å². The van der Waals surface area contributed by atoms with E-state index in [0.717, 1.165) is 11.8 Å². The van der Waals surface area contributed by atoms with Crippen molar-refractivity contribution >= 4 is 24.2 Å². The lowest BCUT2D eigenvalue weighted by atomic mass is 10.0. The number of nitrogens with zero attached hydrogens (tertiary/aromatic N) is 2. The highest BCUT2D eigenvalue weighted by Gasteiger charge is 2.30. The highest BCUT2D eigenvalue weighted by Crippen LogP contribution is 2.24. The van der Waals surface area contributed by atoms with Crippen LogP contribution in [0.3, 0.4) is 0 Å². The molecule has 0 aliphatic carbocycles. The summed E-state index contributed by atoms with van der Waals surface area (Å²) in [6.07, 6.45) is 2.54. The van der Waals surface area contributed by atoms with Gasteiger partial charge in [-0.1, -0.05) is 0 Å².